The van der Waals surface area contributed by atoms with E-state index < -0.39 is 5.24 Å². The number of halogens is 1. The van der Waals surface area contributed by atoms with E-state index in [1.54, 1.807) is 15.8 Å². The fourth-order valence-electron chi connectivity index (χ4n) is 0.821. The van der Waals surface area contributed by atoms with Gasteiger partial charge in [0.1, 0.15) is 5.56 Å². The van der Waals surface area contributed by atoms with Gasteiger partial charge >= 0.3 is 0 Å². The number of rotatable bonds is 1. The van der Waals surface area contributed by atoms with Crippen LogP contribution < -0.4 is 5.59 Å². The van der Waals surface area contributed by atoms with Crippen LogP contribution in [0.15, 0.2) is 0 Å². The lowest BCUT2D eigenvalue weighted by Gasteiger charge is -1.92. The number of aromatic nitrogens is 2. The molecule has 0 amide bonds. The highest BCUT2D eigenvalue weighted by Crippen LogP contribution is 2.12. The molecule has 0 aromatic carbocycles. The molecule has 1 aromatic rings. The van der Waals surface area contributed by atoms with E-state index in [1.165, 1.54) is 4.59 Å². The van der Waals surface area contributed by atoms with Crippen LogP contribution in [-0.2, 0) is 0 Å². The Morgan fingerprint density at radius 3 is 2.45 bits per heavy atom. The minimum absolute atomic E-state index is 0.0779. The molecule has 1 aromatic heterocycles. The van der Waals surface area contributed by atoms with E-state index in [0.29, 0.717) is 5.59 Å². The van der Waals surface area contributed by atoms with E-state index in [4.69, 9.17) is 16.7 Å². The summed E-state index contributed by atoms with van der Waals surface area (Å²) < 4.78 is 1.39. The van der Waals surface area contributed by atoms with E-state index in [9.17, 15) is 4.79 Å². The quantitative estimate of drug-likeness (QED) is 0.378. The van der Waals surface area contributed by atoms with E-state index in [-0.39, 0.29) is 11.4 Å². The first-order valence-corrected chi connectivity index (χ1v) is 3.34. The first-order chi connectivity index (χ1) is 5.04. The van der Waals surface area contributed by atoms with E-state index >= 15 is 0 Å². The molecule has 0 unspecified atom stereocenters. The third-order valence-corrected chi connectivity index (χ3v) is 1.70. The van der Waals surface area contributed by atoms with Crippen LogP contribution in [0.3, 0.4) is 0 Å². The fourth-order valence-corrected chi connectivity index (χ4v) is 1.04. The van der Waals surface area contributed by atoms with Gasteiger partial charge in [0.05, 0.1) is 0 Å². The Morgan fingerprint density at radius 2 is 2.27 bits per heavy atom. The highest BCUT2D eigenvalue weighted by Gasteiger charge is 2.16. The van der Waals surface area contributed by atoms with Crippen LogP contribution in [0.25, 0.3) is 0 Å². The van der Waals surface area contributed by atoms with Crippen molar-refractivity contribution >= 4 is 38.3 Å². The van der Waals surface area contributed by atoms with Gasteiger partial charge in [-0.05, 0) is 17.2 Å². The van der Waals surface area contributed by atoms with Crippen molar-refractivity contribution < 1.29 is 9.90 Å². The zero-order valence-corrected chi connectivity index (χ0v) is 6.88. The molecule has 1 N–H and O–H groups in total. The maximum atomic E-state index is 10.7. The van der Waals surface area contributed by atoms with Gasteiger partial charge in [0.25, 0.3) is 5.24 Å². The van der Waals surface area contributed by atoms with Crippen molar-refractivity contribution in [3.05, 3.63) is 5.56 Å². The average Bonchev–Trinajstić information content (AvgIpc) is 2.07. The largest absolute Gasteiger partial charge is 0.492 e. The van der Waals surface area contributed by atoms with E-state index in [1.807, 2.05) is 0 Å². The second-order valence-electron chi connectivity index (χ2n) is 2.18. The molecule has 1 rings (SSSR count). The first kappa shape index (κ1) is 8.20. The van der Waals surface area contributed by atoms with Crippen LogP contribution in [-0.4, -0.2) is 35.9 Å². The lowest BCUT2D eigenvalue weighted by atomic mass is 9.98. The van der Waals surface area contributed by atoms with E-state index in [0.717, 1.165) is 0 Å². The van der Waals surface area contributed by atoms with Crippen LogP contribution in [0.4, 0.5) is 0 Å². The molecular weight excluding hydrogens is 165 g/mol. The van der Waals surface area contributed by atoms with Crippen molar-refractivity contribution in [2.45, 2.75) is 0 Å². The summed E-state index contributed by atoms with van der Waals surface area (Å²) in [6, 6.07) is 0. The van der Waals surface area contributed by atoms with Crippen molar-refractivity contribution in [1.29, 1.82) is 0 Å². The second kappa shape index (κ2) is 2.62. The van der Waals surface area contributed by atoms with Gasteiger partial charge in [0.2, 0.25) is 13.9 Å². The van der Waals surface area contributed by atoms with Gasteiger partial charge in [0, 0.05) is 0 Å². The number of nitrogens with zero attached hydrogens (tertiary/aromatic N) is 2. The smallest absolute Gasteiger partial charge is 0.258 e. The summed E-state index contributed by atoms with van der Waals surface area (Å²) in [4.78, 5) is 10.7. The molecule has 0 aliphatic heterocycles. The highest BCUT2D eigenvalue weighted by atomic mass is 35.5. The van der Waals surface area contributed by atoms with Crippen molar-refractivity contribution in [1.82, 2.24) is 9.69 Å². The van der Waals surface area contributed by atoms with Gasteiger partial charge in [-0.3, -0.25) is 4.79 Å². The van der Waals surface area contributed by atoms with Crippen molar-refractivity contribution in [3.8, 4) is 5.88 Å². The zero-order valence-electron chi connectivity index (χ0n) is 6.13. The van der Waals surface area contributed by atoms with Crippen molar-refractivity contribution in [2.24, 2.45) is 0 Å². The highest BCUT2D eigenvalue weighted by molar-refractivity contribution is 6.69. The molecule has 11 heavy (non-hydrogen) atoms. The maximum absolute atomic E-state index is 10.7. The van der Waals surface area contributed by atoms with Crippen LogP contribution >= 0.6 is 11.6 Å². The monoisotopic (exact) mass is 170 g/mol. The minimum Gasteiger partial charge on any atom is -0.492 e. The molecule has 1 heterocycles. The lowest BCUT2D eigenvalue weighted by Crippen LogP contribution is -2.20. The summed E-state index contributed by atoms with van der Waals surface area (Å²) in [5.74, 6) is -0.315. The molecule has 0 radical (unpaired) electrons. The van der Waals surface area contributed by atoms with Crippen LogP contribution in [0.5, 0.6) is 5.88 Å². The summed E-state index contributed by atoms with van der Waals surface area (Å²) in [5, 5.41) is 12.0. The number of carbonyl (C=O) groups is 1. The topological polar surface area (TPSA) is 55.1 Å². The Hall–Kier alpha value is -0.900. The number of aromatic hydroxyl groups is 1. The lowest BCUT2D eigenvalue weighted by molar-refractivity contribution is 0.108. The molecule has 0 spiro atoms. The molecule has 4 nitrogen and oxygen atoms in total. The molecule has 0 saturated carbocycles. The van der Waals surface area contributed by atoms with Crippen molar-refractivity contribution in [3.63, 3.8) is 0 Å². The molecule has 0 aliphatic carbocycles. The predicted octanol–water partition coefficient (Wildman–Crippen LogP) is -2.38. The van der Waals surface area contributed by atoms with Gasteiger partial charge in [-0.2, -0.15) is 0 Å². The fraction of sp³-hybridized carbons (Fsp3) is 0. The normalized spacial score (nSPS) is 9.91. The summed E-state index contributed by atoms with van der Waals surface area (Å²) in [5.41, 5.74) is 0.636. The Labute approximate surface area is 70.0 Å². The van der Waals surface area contributed by atoms with E-state index in [2.05, 4.69) is 5.10 Å². The molecule has 0 fully saturated rings. The molecule has 0 bridgehead atoms. The SMILES string of the molecule is Bc1c(C(=O)Cl)c(O)nn1B. The Kier molecular flexibility index (Phi) is 1.95. The van der Waals surface area contributed by atoms with Crippen LogP contribution in [0, 0.1) is 0 Å². The van der Waals surface area contributed by atoms with Crippen molar-refractivity contribution in [2.75, 3.05) is 0 Å². The third kappa shape index (κ3) is 1.26. The van der Waals surface area contributed by atoms with Gasteiger partial charge < -0.3 is 9.70 Å². The van der Waals surface area contributed by atoms with Gasteiger partial charge in [-0.15, -0.1) is 5.10 Å². The molecule has 7 heteroatoms. The molecule has 0 atom stereocenters. The predicted molar refractivity (Wildman–Crippen MR) is 46.2 cm³/mol. The summed E-state index contributed by atoms with van der Waals surface area (Å²) in [6.07, 6.45) is 0. The Bertz CT molecular complexity index is 311. The van der Waals surface area contributed by atoms with Gasteiger partial charge in [-0.1, -0.05) is 0 Å². The Balaban J connectivity index is 3.34. The molecule has 0 saturated heterocycles. The third-order valence-electron chi connectivity index (χ3n) is 1.51. The average molecular weight is 170 g/mol. The first-order valence-electron chi connectivity index (χ1n) is 2.96. The minimum atomic E-state index is -0.687. The van der Waals surface area contributed by atoms with Crippen LogP contribution in [0.2, 0.25) is 0 Å². The Morgan fingerprint density at radius 1 is 1.73 bits per heavy atom. The number of hydrogen-bond acceptors (Lipinski definition) is 3. The second-order valence-corrected chi connectivity index (χ2v) is 2.52. The molecule has 56 valence electrons. The number of carbonyl (C=O) groups excluding carboxylic acids is 1. The summed E-state index contributed by atoms with van der Waals surface area (Å²) >= 11 is 5.17. The summed E-state index contributed by atoms with van der Waals surface area (Å²) in [7, 11) is 3.28. The summed E-state index contributed by atoms with van der Waals surface area (Å²) in [6.45, 7) is 0. The molecular formula is C4H5B2ClN2O2. The molecule has 0 aliphatic rings. The zero-order chi connectivity index (χ0) is 8.59. The maximum Gasteiger partial charge on any atom is 0.258 e. The standard InChI is InChI=1S/C4H5B2ClN2O2/c5-2-1(3(7)10)4(11)8-9(2)6/h5-6H2,(H,8,11). The van der Waals surface area contributed by atoms with Gasteiger partial charge in [0.15, 0.2) is 7.85 Å². The van der Waals surface area contributed by atoms with Crippen LogP contribution in [0.1, 0.15) is 10.4 Å². The number of hydrogen-bond donors (Lipinski definition) is 1. The van der Waals surface area contributed by atoms with Gasteiger partial charge in [-0.25, -0.2) is 0 Å².